The van der Waals surface area contributed by atoms with Crippen molar-refractivity contribution in [3.8, 4) is 6.07 Å². The summed E-state index contributed by atoms with van der Waals surface area (Å²) in [4.78, 5) is 16.4. The Morgan fingerprint density at radius 2 is 2.00 bits per heavy atom. The summed E-state index contributed by atoms with van der Waals surface area (Å²) < 4.78 is 5.35. The van der Waals surface area contributed by atoms with Crippen LogP contribution in [0.1, 0.15) is 24.8 Å². The average Bonchev–Trinajstić information content (AvgIpc) is 3.16. The van der Waals surface area contributed by atoms with E-state index in [9.17, 15) is 4.79 Å². The van der Waals surface area contributed by atoms with E-state index in [2.05, 4.69) is 16.3 Å². The van der Waals surface area contributed by atoms with Crippen LogP contribution in [0, 0.1) is 11.3 Å². The lowest BCUT2D eigenvalue weighted by Gasteiger charge is -2.35. The van der Waals surface area contributed by atoms with Gasteiger partial charge in [0, 0.05) is 38.5 Å². The predicted molar refractivity (Wildman–Crippen MR) is 91.9 cm³/mol. The molecule has 0 saturated carbocycles. The largest absolute Gasteiger partial charge is 0.379 e. The van der Waals surface area contributed by atoms with Crippen LogP contribution in [0.2, 0.25) is 0 Å². The van der Waals surface area contributed by atoms with Crippen LogP contribution < -0.4 is 10.2 Å². The number of hydrogen-bond acceptors (Lipinski definition) is 4. The molecule has 2 fully saturated rings. The molecule has 6 heteroatoms. The normalized spacial score (nSPS) is 21.3. The molecule has 24 heavy (non-hydrogen) atoms. The molecule has 1 aromatic carbocycles. The van der Waals surface area contributed by atoms with Crippen LogP contribution >= 0.6 is 0 Å². The Bertz CT molecular complexity index is 596. The minimum atomic E-state index is 0.00215. The highest BCUT2D eigenvalue weighted by atomic mass is 16.5. The minimum Gasteiger partial charge on any atom is -0.379 e. The predicted octanol–water partition coefficient (Wildman–Crippen LogP) is 1.96. The molecule has 0 aliphatic carbocycles. The number of nitrogens with zero attached hydrogens (tertiary/aromatic N) is 3. The fraction of sp³-hybridized carbons (Fsp3) is 0.556. The molecule has 0 spiro atoms. The molecule has 128 valence electrons. The summed E-state index contributed by atoms with van der Waals surface area (Å²) in [6.45, 7) is 3.20. The number of rotatable bonds is 3. The fourth-order valence-corrected chi connectivity index (χ4v) is 3.30. The molecule has 0 bridgehead atoms. The Morgan fingerprint density at radius 1 is 1.29 bits per heavy atom. The number of nitriles is 1. The first kappa shape index (κ1) is 16.6. The molecule has 2 heterocycles. The summed E-state index contributed by atoms with van der Waals surface area (Å²) >= 11 is 0. The molecule has 2 amide bonds. The summed E-state index contributed by atoms with van der Waals surface area (Å²) in [6.07, 6.45) is 2.78. The molecule has 0 radical (unpaired) electrons. The second kappa shape index (κ2) is 7.54. The third kappa shape index (κ3) is 3.80. The van der Waals surface area contributed by atoms with Crippen molar-refractivity contribution in [3.63, 3.8) is 0 Å². The number of nitrogens with one attached hydrogen (secondary N) is 1. The van der Waals surface area contributed by atoms with Crippen molar-refractivity contribution < 1.29 is 9.53 Å². The highest BCUT2D eigenvalue weighted by molar-refractivity contribution is 5.74. The van der Waals surface area contributed by atoms with Crippen molar-refractivity contribution in [2.45, 2.75) is 31.3 Å². The zero-order chi connectivity index (χ0) is 16.9. The number of piperidine rings is 1. The van der Waals surface area contributed by atoms with Crippen LogP contribution in [0.25, 0.3) is 0 Å². The third-order valence-electron chi connectivity index (χ3n) is 4.96. The number of carbonyl (C=O) groups is 1. The van der Waals surface area contributed by atoms with Crippen LogP contribution in [-0.2, 0) is 4.74 Å². The molecular weight excluding hydrogens is 304 g/mol. The number of urea groups is 1. The van der Waals surface area contributed by atoms with Crippen LogP contribution in [0.15, 0.2) is 24.3 Å². The van der Waals surface area contributed by atoms with Gasteiger partial charge in [0.05, 0.1) is 24.3 Å². The number of ether oxygens (including phenoxy) is 1. The Balaban J connectivity index is 1.47. The first-order valence-electron chi connectivity index (χ1n) is 8.53. The first-order valence-corrected chi connectivity index (χ1v) is 8.53. The number of likely N-dealkylation sites (N-methyl/N-ethyl adjacent to an activating group) is 1. The van der Waals surface area contributed by atoms with Gasteiger partial charge in [-0.05, 0) is 43.5 Å². The van der Waals surface area contributed by atoms with E-state index < -0.39 is 0 Å². The maximum absolute atomic E-state index is 12.3. The molecule has 1 atom stereocenters. The molecule has 2 aliphatic heterocycles. The van der Waals surface area contributed by atoms with Crippen molar-refractivity contribution in [1.82, 2.24) is 10.2 Å². The van der Waals surface area contributed by atoms with Gasteiger partial charge in [-0.3, -0.25) is 0 Å². The lowest BCUT2D eigenvalue weighted by atomic mass is 10.0. The molecule has 3 rings (SSSR count). The second-order valence-corrected chi connectivity index (χ2v) is 6.50. The third-order valence-corrected chi connectivity index (χ3v) is 4.96. The summed E-state index contributed by atoms with van der Waals surface area (Å²) in [5, 5.41) is 12.0. The molecule has 1 N–H and O–H groups in total. The Morgan fingerprint density at radius 3 is 2.58 bits per heavy atom. The summed E-state index contributed by atoms with van der Waals surface area (Å²) in [5.74, 6) is 0. The van der Waals surface area contributed by atoms with E-state index in [1.807, 2.05) is 31.3 Å². The van der Waals surface area contributed by atoms with Gasteiger partial charge in [-0.1, -0.05) is 0 Å². The number of hydrogen-bond donors (Lipinski definition) is 1. The fourth-order valence-electron chi connectivity index (χ4n) is 3.30. The topological polar surface area (TPSA) is 68.6 Å². The summed E-state index contributed by atoms with van der Waals surface area (Å²) in [7, 11) is 1.85. The van der Waals surface area contributed by atoms with Gasteiger partial charge in [-0.2, -0.15) is 5.26 Å². The molecule has 2 saturated heterocycles. The lowest BCUT2D eigenvalue weighted by Crippen LogP contribution is -2.50. The number of amides is 2. The van der Waals surface area contributed by atoms with E-state index in [4.69, 9.17) is 10.00 Å². The van der Waals surface area contributed by atoms with Crippen molar-refractivity contribution in [2.75, 3.05) is 38.3 Å². The minimum absolute atomic E-state index is 0.00215. The quantitative estimate of drug-likeness (QED) is 0.921. The van der Waals surface area contributed by atoms with Gasteiger partial charge in [0.25, 0.3) is 0 Å². The van der Waals surface area contributed by atoms with E-state index in [1.54, 1.807) is 4.90 Å². The van der Waals surface area contributed by atoms with Gasteiger partial charge in [0.2, 0.25) is 0 Å². The number of benzene rings is 1. The average molecular weight is 328 g/mol. The zero-order valence-corrected chi connectivity index (χ0v) is 14.1. The Labute approximate surface area is 143 Å². The van der Waals surface area contributed by atoms with Crippen molar-refractivity contribution in [1.29, 1.82) is 5.26 Å². The van der Waals surface area contributed by atoms with E-state index >= 15 is 0 Å². The van der Waals surface area contributed by atoms with Crippen molar-refractivity contribution in [3.05, 3.63) is 29.8 Å². The number of carbonyl (C=O) groups excluding carboxylic acids is 1. The van der Waals surface area contributed by atoms with Gasteiger partial charge >= 0.3 is 6.03 Å². The van der Waals surface area contributed by atoms with E-state index in [-0.39, 0.29) is 18.1 Å². The first-order chi connectivity index (χ1) is 11.7. The van der Waals surface area contributed by atoms with Gasteiger partial charge in [-0.15, -0.1) is 0 Å². The van der Waals surface area contributed by atoms with Crippen LogP contribution in [0.5, 0.6) is 0 Å². The highest BCUT2D eigenvalue weighted by Gasteiger charge is 2.27. The van der Waals surface area contributed by atoms with Gasteiger partial charge in [0.1, 0.15) is 0 Å². The SMILES string of the molecule is CN(C(=O)NC1CCN(c2ccc(C#N)cc2)CC1)C1CCOC1. The van der Waals surface area contributed by atoms with Crippen LogP contribution in [0.3, 0.4) is 0 Å². The standard InChI is InChI=1S/C18H24N4O2/c1-21(17-8-11-24-13-17)18(23)20-15-6-9-22(10-7-15)16-4-2-14(12-19)3-5-16/h2-5,15,17H,6-11,13H2,1H3,(H,20,23). The molecule has 1 unspecified atom stereocenters. The summed E-state index contributed by atoms with van der Waals surface area (Å²) in [5.41, 5.74) is 1.82. The van der Waals surface area contributed by atoms with Gasteiger partial charge in [0.15, 0.2) is 0 Å². The monoisotopic (exact) mass is 328 g/mol. The Kier molecular flexibility index (Phi) is 5.21. The van der Waals surface area contributed by atoms with Crippen molar-refractivity contribution >= 4 is 11.7 Å². The van der Waals surface area contributed by atoms with Crippen LogP contribution in [-0.4, -0.2) is 56.4 Å². The maximum atomic E-state index is 12.3. The molecule has 2 aliphatic rings. The molecule has 0 aromatic heterocycles. The number of anilines is 1. The highest BCUT2D eigenvalue weighted by Crippen LogP contribution is 2.21. The van der Waals surface area contributed by atoms with Gasteiger partial charge < -0.3 is 19.9 Å². The second-order valence-electron chi connectivity index (χ2n) is 6.50. The Hall–Kier alpha value is -2.26. The zero-order valence-electron chi connectivity index (χ0n) is 14.1. The molecular formula is C18H24N4O2. The van der Waals surface area contributed by atoms with E-state index in [0.717, 1.165) is 44.6 Å². The summed E-state index contributed by atoms with van der Waals surface area (Å²) in [6, 6.07) is 10.2. The van der Waals surface area contributed by atoms with E-state index in [1.165, 1.54) is 0 Å². The molecule has 6 nitrogen and oxygen atoms in total. The maximum Gasteiger partial charge on any atom is 0.317 e. The molecule has 1 aromatic rings. The van der Waals surface area contributed by atoms with E-state index in [0.29, 0.717) is 12.2 Å². The lowest BCUT2D eigenvalue weighted by molar-refractivity contribution is 0.155. The van der Waals surface area contributed by atoms with Crippen LogP contribution in [0.4, 0.5) is 10.5 Å². The van der Waals surface area contributed by atoms with Crippen molar-refractivity contribution in [2.24, 2.45) is 0 Å². The smallest absolute Gasteiger partial charge is 0.317 e. The van der Waals surface area contributed by atoms with Gasteiger partial charge in [-0.25, -0.2) is 4.79 Å².